The summed E-state index contributed by atoms with van der Waals surface area (Å²) in [5.74, 6) is -5.62. The smallest absolute Gasteiger partial charge is 0.295 e. The van der Waals surface area contributed by atoms with Crippen LogP contribution >= 0.6 is 34.8 Å². The maximum atomic E-state index is 13.5. The first-order valence-electron chi connectivity index (χ1n) is 13.7. The number of aliphatic hydroxyl groups is 4. The molecule has 0 radical (unpaired) electrons. The van der Waals surface area contributed by atoms with Crippen molar-refractivity contribution in [3.05, 3.63) is 60.7 Å². The first-order valence-corrected chi connectivity index (χ1v) is 17.0. The second-order valence-electron chi connectivity index (χ2n) is 12.1. The van der Waals surface area contributed by atoms with E-state index in [4.69, 9.17) is 44.4 Å². The number of aliphatic hydroxyl groups excluding tert-OH is 1. The van der Waals surface area contributed by atoms with Crippen molar-refractivity contribution in [2.75, 3.05) is 0 Å². The van der Waals surface area contributed by atoms with Crippen LogP contribution in [-0.4, -0.2) is 90.5 Å². The van der Waals surface area contributed by atoms with Gasteiger partial charge in [0.05, 0.1) is 5.73 Å². The third-order valence-corrected chi connectivity index (χ3v) is 15.2. The van der Waals surface area contributed by atoms with Crippen LogP contribution in [0.3, 0.4) is 0 Å². The maximum absolute atomic E-state index is 13.5. The molecule has 0 bridgehead atoms. The second-order valence-corrected chi connectivity index (χ2v) is 19.2. The van der Waals surface area contributed by atoms with E-state index in [0.29, 0.717) is 10.4 Å². The Morgan fingerprint density at radius 1 is 0.822 bits per heavy atom. The number of nitrogens with one attached hydrogen (secondary N) is 1. The monoisotopic (exact) mass is 703 g/mol. The first kappa shape index (κ1) is 37.2. The molecule has 2 aromatic carbocycles. The van der Waals surface area contributed by atoms with Gasteiger partial charge in [-0.3, -0.25) is 19.2 Å². The first-order chi connectivity index (χ1) is 20.6. The van der Waals surface area contributed by atoms with Crippen molar-refractivity contribution < 1.29 is 49.2 Å². The van der Waals surface area contributed by atoms with E-state index in [1.807, 2.05) is 20.8 Å². The third kappa shape index (κ3) is 5.69. The molecule has 1 aliphatic heterocycles. The van der Waals surface area contributed by atoms with Crippen LogP contribution in [0.1, 0.15) is 41.5 Å². The summed E-state index contributed by atoms with van der Waals surface area (Å²) in [6, 6.07) is 17.4. The second kappa shape index (κ2) is 12.8. The van der Waals surface area contributed by atoms with Gasteiger partial charge in [0.15, 0.2) is 31.0 Å². The molecule has 6 atom stereocenters. The van der Waals surface area contributed by atoms with Gasteiger partial charge < -0.3 is 25.2 Å². The van der Waals surface area contributed by atoms with Crippen molar-refractivity contribution in [3.63, 3.8) is 0 Å². The number of hydrogen-bond donors (Lipinski definition) is 5. The molecule has 5 N–H and O–H groups in total. The highest BCUT2D eigenvalue weighted by Crippen LogP contribution is 2.50. The molecule has 1 unspecified atom stereocenters. The lowest BCUT2D eigenvalue weighted by Gasteiger charge is -2.60. The molecular formula is C30H36Cl3NO10Si. The summed E-state index contributed by atoms with van der Waals surface area (Å²) in [6.07, 6.45) is -4.82. The maximum Gasteiger partial charge on any atom is 0.295 e. The number of benzene rings is 2. The summed E-state index contributed by atoms with van der Waals surface area (Å²) in [7, 11) is -3.83. The average molecular weight is 705 g/mol. The molecule has 0 aliphatic carbocycles. The van der Waals surface area contributed by atoms with E-state index in [1.54, 1.807) is 66.1 Å². The Kier molecular flexibility index (Phi) is 10.6. The van der Waals surface area contributed by atoms with Gasteiger partial charge in [0.2, 0.25) is 17.5 Å². The number of Topliss-reactive ketones (excluding diaryl/α,β-unsaturated/α-hetero) is 3. The predicted molar refractivity (Wildman–Crippen MR) is 169 cm³/mol. The summed E-state index contributed by atoms with van der Waals surface area (Å²) in [5, 5.41) is 49.2. The van der Waals surface area contributed by atoms with Gasteiger partial charge in [-0.1, -0.05) is 127 Å². The molecule has 1 aliphatic rings. The summed E-state index contributed by atoms with van der Waals surface area (Å²) in [5.41, 5.74) is -11.0. The number of ketones is 3. The van der Waals surface area contributed by atoms with Gasteiger partial charge in [0, 0.05) is 0 Å². The molecule has 15 heteroatoms. The largest absolute Gasteiger partial charge is 0.393 e. The average Bonchev–Trinajstić information content (AvgIpc) is 2.95. The number of hydroxylamine groups is 1. The zero-order chi connectivity index (χ0) is 34.4. The van der Waals surface area contributed by atoms with Crippen LogP contribution < -0.4 is 15.9 Å². The molecule has 45 heavy (non-hydrogen) atoms. The lowest BCUT2D eigenvalue weighted by molar-refractivity contribution is -0.378. The Bertz CT molecular complexity index is 1410. The van der Waals surface area contributed by atoms with E-state index in [-0.39, 0.29) is 0 Å². The van der Waals surface area contributed by atoms with Crippen molar-refractivity contribution in [1.29, 1.82) is 0 Å². The Morgan fingerprint density at radius 3 is 1.58 bits per heavy atom. The summed E-state index contributed by atoms with van der Waals surface area (Å²) in [4.78, 5) is 57.5. The van der Waals surface area contributed by atoms with Crippen molar-refractivity contribution in [2.45, 2.75) is 85.3 Å². The number of amides is 1. The highest BCUT2D eigenvalue weighted by atomic mass is 35.6. The zero-order valence-corrected chi connectivity index (χ0v) is 28.6. The minimum absolute atomic E-state index is 0.603. The van der Waals surface area contributed by atoms with E-state index in [0.717, 1.165) is 20.8 Å². The highest BCUT2D eigenvalue weighted by molar-refractivity contribution is 7.05. The van der Waals surface area contributed by atoms with E-state index < -0.39 is 75.1 Å². The standard InChI is InChI=1S/C30H36Cl3NO10Si/c1-17(35)27(40)22(23(38)45(26(4,5)6,20-13-9-7-10-14-20)21-15-11-8-12-16-21)43-25(44-34-24(39)30(31,32)33)28(41,18(2)36)29(27,42)19(3)37/h7-16,22-23,25,38,40-42H,1-6H3,(H,34,39)/t22-,23?,25-,27+,28+,29+/m1/s1. The fourth-order valence-corrected chi connectivity index (χ4v) is 12.4. The molecular weight excluding hydrogens is 669 g/mol. The van der Waals surface area contributed by atoms with Crippen LogP contribution in [0.25, 0.3) is 0 Å². The molecule has 11 nitrogen and oxygen atoms in total. The van der Waals surface area contributed by atoms with E-state index in [2.05, 4.69) is 0 Å². The molecule has 1 fully saturated rings. The summed E-state index contributed by atoms with van der Waals surface area (Å²) < 4.78 is 3.30. The topological polar surface area (TPSA) is 180 Å². The normalized spacial score (nSPS) is 28.2. The van der Waals surface area contributed by atoms with Gasteiger partial charge in [-0.25, -0.2) is 10.3 Å². The van der Waals surface area contributed by atoms with Crippen molar-refractivity contribution in [3.8, 4) is 0 Å². The summed E-state index contributed by atoms with van der Waals surface area (Å²) >= 11 is 16.8. The molecule has 2 aromatic rings. The van der Waals surface area contributed by atoms with Gasteiger partial charge in [-0.15, -0.1) is 0 Å². The molecule has 1 heterocycles. The fourth-order valence-electron chi connectivity index (χ4n) is 6.44. The third-order valence-electron chi connectivity index (χ3n) is 8.60. The molecule has 1 amide bonds. The van der Waals surface area contributed by atoms with E-state index in [9.17, 15) is 39.6 Å². The Hall–Kier alpha value is -2.23. The molecule has 0 saturated carbocycles. The SMILES string of the molecule is CC(=O)[C@@]1(O)[C@](O)(C(C)=O)[C@@H](ONC(=O)C(Cl)(Cl)Cl)O[C@H](C(O)[Si](c2ccccc2)(c2ccccc2)C(C)(C)C)[C@@]1(O)C(C)=O. The van der Waals surface area contributed by atoms with E-state index in [1.165, 1.54) is 0 Å². The van der Waals surface area contributed by atoms with Crippen LogP contribution in [0.4, 0.5) is 0 Å². The van der Waals surface area contributed by atoms with Crippen LogP contribution in [-0.2, 0) is 28.8 Å². The quantitative estimate of drug-likeness (QED) is 0.144. The van der Waals surface area contributed by atoms with Gasteiger partial charge >= 0.3 is 0 Å². The molecule has 3 rings (SSSR count). The Labute approximate surface area is 276 Å². The van der Waals surface area contributed by atoms with Crippen molar-refractivity contribution in [1.82, 2.24) is 5.48 Å². The van der Waals surface area contributed by atoms with Crippen LogP contribution in [0, 0.1) is 0 Å². The fraction of sp³-hybridized carbons (Fsp3) is 0.467. The minimum atomic E-state index is -3.83. The number of halogens is 3. The number of carbonyl (C=O) groups excluding carboxylic acids is 4. The molecule has 1 saturated heterocycles. The van der Waals surface area contributed by atoms with Crippen molar-refractivity contribution in [2.24, 2.45) is 0 Å². The van der Waals surface area contributed by atoms with E-state index >= 15 is 0 Å². The molecule has 0 aromatic heterocycles. The summed E-state index contributed by atoms with van der Waals surface area (Å²) in [6.45, 7) is 7.73. The van der Waals surface area contributed by atoms with Gasteiger partial charge in [0.25, 0.3) is 9.70 Å². The van der Waals surface area contributed by atoms with Gasteiger partial charge in [0.1, 0.15) is 6.10 Å². The molecule has 0 spiro atoms. The van der Waals surface area contributed by atoms with Crippen LogP contribution in [0.5, 0.6) is 0 Å². The number of ether oxygens (including phenoxy) is 1. The Balaban J connectivity index is 2.46. The predicted octanol–water partition coefficient (Wildman–Crippen LogP) is 1.05. The van der Waals surface area contributed by atoms with Crippen LogP contribution in [0.15, 0.2) is 60.7 Å². The van der Waals surface area contributed by atoms with Gasteiger partial charge in [-0.05, 0) is 25.8 Å². The lowest BCUT2D eigenvalue weighted by atomic mass is 9.61. The highest BCUT2D eigenvalue weighted by Gasteiger charge is 2.81. The zero-order valence-electron chi connectivity index (χ0n) is 25.4. The number of alkyl halides is 3. The Morgan fingerprint density at radius 2 is 1.24 bits per heavy atom. The van der Waals surface area contributed by atoms with Crippen LogP contribution in [0.2, 0.25) is 5.04 Å². The number of carbonyl (C=O) groups is 4. The van der Waals surface area contributed by atoms with Crippen molar-refractivity contribution >= 4 is 76.5 Å². The minimum Gasteiger partial charge on any atom is -0.393 e. The number of hydrogen-bond acceptors (Lipinski definition) is 10. The molecule has 246 valence electrons. The lowest BCUT2D eigenvalue weighted by Crippen LogP contribution is -2.89. The number of rotatable bonds is 9. The van der Waals surface area contributed by atoms with Gasteiger partial charge in [-0.2, -0.15) is 0 Å².